The molecule has 2 bridgehead atoms. The summed E-state index contributed by atoms with van der Waals surface area (Å²) in [5.41, 5.74) is 2.38. The standard InChI is InChI=1S/C20H33N5O2.HI/c1-15-10-18(26-4)19(27-5)11-16(15)13-23(3)20(21-2)22-12-17-14-24-6-8-25(17)9-7-24;/h10-11,17H,6-9,12-14H2,1-5H3,(H,21,22);1H. The molecule has 3 aliphatic rings. The van der Waals surface area contributed by atoms with Gasteiger partial charge in [0.25, 0.3) is 0 Å². The first-order valence-corrected chi connectivity index (χ1v) is 9.65. The Balaban J connectivity index is 0.00000280. The monoisotopic (exact) mass is 503 g/mol. The number of methoxy groups -OCH3 is 2. The van der Waals surface area contributed by atoms with Crippen LogP contribution in [0.5, 0.6) is 11.5 Å². The molecular formula is C20H34IN5O2. The fourth-order valence-corrected chi connectivity index (χ4v) is 4.04. The van der Waals surface area contributed by atoms with E-state index in [4.69, 9.17) is 9.47 Å². The van der Waals surface area contributed by atoms with Gasteiger partial charge in [0.15, 0.2) is 17.5 Å². The number of nitrogens with zero attached hydrogens (tertiary/aromatic N) is 4. The third-order valence-corrected chi connectivity index (χ3v) is 5.71. The minimum absolute atomic E-state index is 0. The van der Waals surface area contributed by atoms with Crippen LogP contribution in [0.2, 0.25) is 0 Å². The van der Waals surface area contributed by atoms with Gasteiger partial charge in [-0.2, -0.15) is 0 Å². The third kappa shape index (κ3) is 5.21. The van der Waals surface area contributed by atoms with E-state index in [1.54, 1.807) is 14.2 Å². The van der Waals surface area contributed by atoms with Gasteiger partial charge in [-0.25, -0.2) is 0 Å². The Labute approximate surface area is 186 Å². The van der Waals surface area contributed by atoms with Crippen molar-refractivity contribution in [2.24, 2.45) is 4.99 Å². The molecule has 1 atom stereocenters. The second-order valence-electron chi connectivity index (χ2n) is 7.41. The van der Waals surface area contributed by atoms with Crippen molar-refractivity contribution < 1.29 is 9.47 Å². The second-order valence-corrected chi connectivity index (χ2v) is 7.41. The summed E-state index contributed by atoms with van der Waals surface area (Å²) in [6.07, 6.45) is 0. The number of aryl methyl sites for hydroxylation is 1. The Morgan fingerprint density at radius 2 is 1.82 bits per heavy atom. The number of hydrogen-bond acceptors (Lipinski definition) is 5. The minimum Gasteiger partial charge on any atom is -0.493 e. The lowest BCUT2D eigenvalue weighted by molar-refractivity contribution is 0.0152. The van der Waals surface area contributed by atoms with E-state index in [0.717, 1.165) is 37.1 Å². The molecule has 0 aromatic heterocycles. The highest BCUT2D eigenvalue weighted by Crippen LogP contribution is 2.30. The molecule has 8 heteroatoms. The number of ether oxygens (including phenoxy) is 2. The first kappa shape index (κ1) is 23.0. The van der Waals surface area contributed by atoms with Crippen LogP contribution in [0, 0.1) is 6.92 Å². The Morgan fingerprint density at radius 1 is 1.18 bits per heavy atom. The molecular weight excluding hydrogens is 469 g/mol. The predicted octanol–water partition coefficient (Wildman–Crippen LogP) is 1.64. The molecule has 28 heavy (non-hydrogen) atoms. The van der Waals surface area contributed by atoms with Crippen LogP contribution in [-0.4, -0.2) is 94.3 Å². The lowest BCUT2D eigenvalue weighted by atomic mass is 10.1. The van der Waals surface area contributed by atoms with Gasteiger partial charge in [0, 0.05) is 66.0 Å². The molecule has 3 fully saturated rings. The maximum absolute atomic E-state index is 5.46. The Hall–Kier alpha value is -1.26. The van der Waals surface area contributed by atoms with Gasteiger partial charge in [-0.05, 0) is 30.2 Å². The van der Waals surface area contributed by atoms with E-state index in [2.05, 4.69) is 45.0 Å². The van der Waals surface area contributed by atoms with Gasteiger partial charge < -0.3 is 19.7 Å². The zero-order chi connectivity index (χ0) is 19.4. The van der Waals surface area contributed by atoms with Crippen molar-refractivity contribution in [3.8, 4) is 11.5 Å². The topological polar surface area (TPSA) is 52.6 Å². The second kappa shape index (κ2) is 10.5. The van der Waals surface area contributed by atoms with Gasteiger partial charge in [-0.15, -0.1) is 24.0 Å². The summed E-state index contributed by atoms with van der Waals surface area (Å²) in [5.74, 6) is 2.44. The first-order chi connectivity index (χ1) is 13.0. The molecule has 0 saturated carbocycles. The van der Waals surface area contributed by atoms with Gasteiger partial charge in [0.2, 0.25) is 0 Å². The fraction of sp³-hybridized carbons (Fsp3) is 0.650. The number of benzene rings is 1. The molecule has 0 radical (unpaired) electrons. The summed E-state index contributed by atoms with van der Waals surface area (Å²) in [6, 6.07) is 4.65. The molecule has 1 aromatic carbocycles. The van der Waals surface area contributed by atoms with Crippen LogP contribution in [0.3, 0.4) is 0 Å². The molecule has 1 N–H and O–H groups in total. The molecule has 1 aromatic rings. The normalized spacial score (nSPS) is 23.8. The van der Waals surface area contributed by atoms with Crippen LogP contribution in [0.1, 0.15) is 11.1 Å². The quantitative estimate of drug-likeness (QED) is 0.362. The molecule has 0 amide bonds. The van der Waals surface area contributed by atoms with Crippen molar-refractivity contribution in [3.05, 3.63) is 23.3 Å². The van der Waals surface area contributed by atoms with E-state index in [-0.39, 0.29) is 24.0 Å². The summed E-state index contributed by atoms with van der Waals surface area (Å²) in [4.78, 5) is 11.8. The van der Waals surface area contributed by atoms with Gasteiger partial charge in [0.1, 0.15) is 0 Å². The maximum Gasteiger partial charge on any atom is 0.193 e. The van der Waals surface area contributed by atoms with Crippen molar-refractivity contribution in [1.29, 1.82) is 0 Å². The van der Waals surface area contributed by atoms with Gasteiger partial charge in [-0.1, -0.05) is 0 Å². The summed E-state index contributed by atoms with van der Waals surface area (Å²) in [7, 11) is 7.25. The molecule has 3 saturated heterocycles. The number of hydrogen-bond donors (Lipinski definition) is 1. The number of rotatable bonds is 6. The van der Waals surface area contributed by atoms with Gasteiger partial charge in [0.05, 0.1) is 14.2 Å². The third-order valence-electron chi connectivity index (χ3n) is 5.71. The predicted molar refractivity (Wildman–Crippen MR) is 124 cm³/mol. The smallest absolute Gasteiger partial charge is 0.193 e. The minimum atomic E-state index is 0. The molecule has 1 unspecified atom stereocenters. The van der Waals surface area contributed by atoms with Crippen LogP contribution in [0.15, 0.2) is 17.1 Å². The zero-order valence-electron chi connectivity index (χ0n) is 17.7. The fourth-order valence-electron chi connectivity index (χ4n) is 4.04. The summed E-state index contributed by atoms with van der Waals surface area (Å²) < 4.78 is 10.8. The SMILES string of the molecule is CN=C(NCC1CN2CCN1CC2)N(C)Cc1cc(OC)c(OC)cc1C.I. The molecule has 0 aliphatic carbocycles. The van der Waals surface area contributed by atoms with Crippen LogP contribution in [0.25, 0.3) is 0 Å². The zero-order valence-corrected chi connectivity index (χ0v) is 20.0. The number of halogens is 1. The van der Waals surface area contributed by atoms with E-state index in [0.29, 0.717) is 6.04 Å². The summed E-state index contributed by atoms with van der Waals surface area (Å²) in [5, 5.41) is 3.57. The first-order valence-electron chi connectivity index (χ1n) is 9.65. The van der Waals surface area contributed by atoms with Crippen molar-refractivity contribution in [2.75, 3.05) is 67.6 Å². The van der Waals surface area contributed by atoms with Crippen LogP contribution < -0.4 is 14.8 Å². The van der Waals surface area contributed by atoms with E-state index in [9.17, 15) is 0 Å². The van der Waals surface area contributed by atoms with Crippen molar-refractivity contribution in [2.45, 2.75) is 19.5 Å². The molecule has 0 spiro atoms. The van der Waals surface area contributed by atoms with Crippen molar-refractivity contribution in [1.82, 2.24) is 20.0 Å². The lowest BCUT2D eigenvalue weighted by Gasteiger charge is -2.47. The highest BCUT2D eigenvalue weighted by molar-refractivity contribution is 14.0. The van der Waals surface area contributed by atoms with Crippen LogP contribution in [-0.2, 0) is 6.54 Å². The van der Waals surface area contributed by atoms with E-state index >= 15 is 0 Å². The van der Waals surface area contributed by atoms with Gasteiger partial charge in [-0.3, -0.25) is 14.8 Å². The number of nitrogens with one attached hydrogen (secondary N) is 1. The Morgan fingerprint density at radius 3 is 2.36 bits per heavy atom. The number of guanidine groups is 1. The van der Waals surface area contributed by atoms with E-state index < -0.39 is 0 Å². The van der Waals surface area contributed by atoms with Crippen LogP contribution >= 0.6 is 24.0 Å². The average Bonchev–Trinajstić information content (AvgIpc) is 2.70. The largest absolute Gasteiger partial charge is 0.493 e. The van der Waals surface area contributed by atoms with E-state index in [1.807, 2.05) is 13.1 Å². The lowest BCUT2D eigenvalue weighted by Crippen LogP contribution is -2.63. The highest BCUT2D eigenvalue weighted by Gasteiger charge is 2.31. The van der Waals surface area contributed by atoms with Crippen molar-refractivity contribution >= 4 is 29.9 Å². The van der Waals surface area contributed by atoms with E-state index in [1.165, 1.54) is 37.3 Å². The number of fused-ring (bicyclic) bond motifs is 3. The summed E-state index contributed by atoms with van der Waals surface area (Å²) in [6.45, 7) is 9.74. The molecule has 7 nitrogen and oxygen atoms in total. The summed E-state index contributed by atoms with van der Waals surface area (Å²) >= 11 is 0. The number of piperazine rings is 3. The maximum atomic E-state index is 5.46. The molecule has 3 heterocycles. The van der Waals surface area contributed by atoms with Crippen LogP contribution in [0.4, 0.5) is 0 Å². The van der Waals surface area contributed by atoms with Crippen molar-refractivity contribution in [3.63, 3.8) is 0 Å². The number of aliphatic imine (C=N–C) groups is 1. The highest BCUT2D eigenvalue weighted by atomic mass is 127. The average molecular weight is 503 g/mol. The molecule has 158 valence electrons. The Bertz CT molecular complexity index is 677. The van der Waals surface area contributed by atoms with Gasteiger partial charge >= 0.3 is 0 Å². The molecule has 3 aliphatic heterocycles. The Kier molecular flexibility index (Phi) is 8.63. The molecule has 4 rings (SSSR count).